The highest BCUT2D eigenvalue weighted by Crippen LogP contribution is 2.32. The first-order chi connectivity index (χ1) is 12.0. The van der Waals surface area contributed by atoms with Crippen molar-refractivity contribution in [2.45, 2.75) is 6.29 Å². The molecular weight excluding hydrogens is 326 g/mol. The van der Waals surface area contributed by atoms with Gasteiger partial charge >= 0.3 is 5.97 Å². The number of methoxy groups -OCH3 is 4. The number of benzene rings is 1. The fourth-order valence-electron chi connectivity index (χ4n) is 2.52. The van der Waals surface area contributed by atoms with E-state index in [1.807, 2.05) is 6.07 Å². The lowest BCUT2D eigenvalue weighted by atomic mass is 10.1. The number of nitrogens with two attached hydrogens (primary N) is 1. The van der Waals surface area contributed by atoms with Gasteiger partial charge in [0, 0.05) is 26.0 Å². The Hall–Kier alpha value is -3.02. The van der Waals surface area contributed by atoms with Crippen molar-refractivity contribution in [3.05, 3.63) is 41.2 Å². The van der Waals surface area contributed by atoms with Crippen LogP contribution in [-0.2, 0) is 14.2 Å². The number of nitriles is 1. The van der Waals surface area contributed by atoms with E-state index in [0.717, 1.165) is 0 Å². The first-order valence-corrected chi connectivity index (χ1v) is 7.25. The highest BCUT2D eigenvalue weighted by atomic mass is 16.7. The van der Waals surface area contributed by atoms with Gasteiger partial charge in [0.25, 0.3) is 0 Å². The third-order valence-corrected chi connectivity index (χ3v) is 3.72. The molecule has 0 amide bonds. The molecule has 0 radical (unpaired) electrons. The second-order valence-electron chi connectivity index (χ2n) is 5.01. The van der Waals surface area contributed by atoms with Crippen molar-refractivity contribution in [2.24, 2.45) is 0 Å². The Bertz CT molecular complexity index is 818. The number of rotatable bonds is 6. The molecule has 0 fully saturated rings. The van der Waals surface area contributed by atoms with E-state index in [4.69, 9.17) is 24.7 Å². The molecule has 2 aromatic rings. The molecule has 0 saturated carbocycles. The van der Waals surface area contributed by atoms with Crippen LogP contribution in [0.2, 0.25) is 0 Å². The fraction of sp³-hybridized carbons (Fsp3) is 0.294. The average Bonchev–Trinajstić information content (AvgIpc) is 2.98. The molecule has 0 spiro atoms. The van der Waals surface area contributed by atoms with Gasteiger partial charge in [0.15, 0.2) is 12.0 Å². The van der Waals surface area contributed by atoms with Crippen molar-refractivity contribution >= 4 is 11.7 Å². The van der Waals surface area contributed by atoms with Crippen molar-refractivity contribution in [2.75, 3.05) is 34.2 Å². The van der Waals surface area contributed by atoms with Gasteiger partial charge in [0.2, 0.25) is 0 Å². The first kappa shape index (κ1) is 18.3. The second-order valence-corrected chi connectivity index (χ2v) is 5.01. The normalized spacial score (nSPS) is 10.6. The van der Waals surface area contributed by atoms with Crippen LogP contribution < -0.4 is 10.5 Å². The Labute approximate surface area is 145 Å². The molecule has 1 aromatic heterocycles. The molecule has 8 heteroatoms. The quantitative estimate of drug-likeness (QED) is 0.630. The molecule has 8 nitrogen and oxygen atoms in total. The number of nitrogen functional groups attached to an aromatic ring is 1. The van der Waals surface area contributed by atoms with E-state index in [-0.39, 0.29) is 16.9 Å². The highest BCUT2D eigenvalue weighted by molar-refractivity contribution is 5.96. The van der Waals surface area contributed by atoms with Crippen molar-refractivity contribution in [1.82, 2.24) is 4.57 Å². The number of nitrogens with zero attached hydrogens (tertiary/aromatic N) is 2. The molecule has 2 rings (SSSR count). The van der Waals surface area contributed by atoms with E-state index in [1.54, 1.807) is 18.2 Å². The molecule has 0 atom stereocenters. The Morgan fingerprint density at radius 3 is 2.44 bits per heavy atom. The minimum atomic E-state index is -0.718. The molecular formula is C17H19N3O5. The molecule has 0 unspecified atom stereocenters. The number of carbonyl (C=O) groups excluding carboxylic acids is 1. The van der Waals surface area contributed by atoms with Gasteiger partial charge in [-0.3, -0.25) is 0 Å². The molecule has 2 N–H and O–H groups in total. The summed E-state index contributed by atoms with van der Waals surface area (Å²) in [4.78, 5) is 12.2. The smallest absolute Gasteiger partial charge is 0.357 e. The topological polar surface area (TPSA) is 109 Å². The largest absolute Gasteiger partial charge is 0.497 e. The molecule has 132 valence electrons. The van der Waals surface area contributed by atoms with Crippen LogP contribution in [0.5, 0.6) is 5.75 Å². The number of hydrogen-bond donors (Lipinski definition) is 1. The molecule has 25 heavy (non-hydrogen) atoms. The first-order valence-electron chi connectivity index (χ1n) is 7.25. The second kappa shape index (κ2) is 7.70. The Kier molecular flexibility index (Phi) is 5.64. The molecule has 0 aliphatic rings. The molecule has 1 heterocycles. The SMILES string of the molecule is COC(=O)c1c(N)c(C#N)cn1-c1ccc(OC)cc1C(OC)OC. The van der Waals surface area contributed by atoms with Gasteiger partial charge < -0.3 is 29.2 Å². The number of ether oxygens (including phenoxy) is 4. The van der Waals surface area contributed by atoms with E-state index in [9.17, 15) is 10.1 Å². The number of anilines is 1. The molecule has 0 aliphatic carbocycles. The van der Waals surface area contributed by atoms with E-state index < -0.39 is 12.3 Å². The van der Waals surface area contributed by atoms with Crippen molar-refractivity contribution in [3.8, 4) is 17.5 Å². The summed E-state index contributed by atoms with van der Waals surface area (Å²) in [5.74, 6) is -0.0785. The zero-order valence-corrected chi connectivity index (χ0v) is 14.4. The van der Waals surface area contributed by atoms with Crippen LogP contribution in [0.25, 0.3) is 5.69 Å². The Morgan fingerprint density at radius 2 is 1.92 bits per heavy atom. The van der Waals surface area contributed by atoms with Crippen molar-refractivity contribution in [3.63, 3.8) is 0 Å². The molecule has 0 bridgehead atoms. The maximum absolute atomic E-state index is 12.2. The third kappa shape index (κ3) is 3.28. The summed E-state index contributed by atoms with van der Waals surface area (Å²) in [5.41, 5.74) is 7.34. The lowest BCUT2D eigenvalue weighted by Gasteiger charge is -2.20. The summed E-state index contributed by atoms with van der Waals surface area (Å²) in [5, 5.41) is 9.25. The number of hydrogen-bond acceptors (Lipinski definition) is 7. The standard InChI is InChI=1S/C17H19N3O5/c1-22-11-5-6-13(12(7-11)17(24-3)25-4)20-9-10(8-18)14(19)15(20)16(21)23-2/h5-7,9,17H,19H2,1-4H3. The van der Waals surface area contributed by atoms with E-state index in [2.05, 4.69) is 0 Å². The van der Waals surface area contributed by atoms with E-state index >= 15 is 0 Å². The molecule has 1 aromatic carbocycles. The van der Waals surface area contributed by atoms with Crippen molar-refractivity contribution in [1.29, 1.82) is 5.26 Å². The predicted octanol–water partition coefficient (Wildman–Crippen LogP) is 2.02. The summed E-state index contributed by atoms with van der Waals surface area (Å²) in [7, 11) is 5.76. The molecule has 0 saturated heterocycles. The lowest BCUT2D eigenvalue weighted by Crippen LogP contribution is -2.14. The summed E-state index contributed by atoms with van der Waals surface area (Å²) in [6, 6.07) is 7.11. The maximum atomic E-state index is 12.2. The number of aromatic nitrogens is 1. The summed E-state index contributed by atoms with van der Waals surface area (Å²) >= 11 is 0. The van der Waals surface area contributed by atoms with Gasteiger partial charge in [-0.25, -0.2) is 4.79 Å². The van der Waals surface area contributed by atoms with Crippen LogP contribution >= 0.6 is 0 Å². The monoisotopic (exact) mass is 345 g/mol. The summed E-state index contributed by atoms with van der Waals surface area (Å²) in [6.07, 6.45) is 0.750. The zero-order valence-electron chi connectivity index (χ0n) is 14.4. The summed E-state index contributed by atoms with van der Waals surface area (Å²) in [6.45, 7) is 0. The third-order valence-electron chi connectivity index (χ3n) is 3.72. The lowest BCUT2D eigenvalue weighted by molar-refractivity contribution is -0.106. The maximum Gasteiger partial charge on any atom is 0.357 e. The van der Waals surface area contributed by atoms with Crippen LogP contribution in [0.1, 0.15) is 27.9 Å². The van der Waals surface area contributed by atoms with E-state index in [1.165, 1.54) is 39.2 Å². The zero-order chi connectivity index (χ0) is 18.6. The highest BCUT2D eigenvalue weighted by Gasteiger charge is 2.25. The van der Waals surface area contributed by atoms with Crippen LogP contribution in [0.4, 0.5) is 5.69 Å². The van der Waals surface area contributed by atoms with Gasteiger partial charge in [0.1, 0.15) is 11.8 Å². The minimum Gasteiger partial charge on any atom is -0.497 e. The summed E-state index contributed by atoms with van der Waals surface area (Å²) < 4.78 is 22.2. The number of esters is 1. The Morgan fingerprint density at radius 1 is 1.24 bits per heavy atom. The number of carbonyl (C=O) groups is 1. The van der Waals surface area contributed by atoms with Crippen molar-refractivity contribution < 1.29 is 23.7 Å². The van der Waals surface area contributed by atoms with Gasteiger partial charge in [-0.1, -0.05) is 0 Å². The average molecular weight is 345 g/mol. The van der Waals surface area contributed by atoms with Gasteiger partial charge in [-0.05, 0) is 18.2 Å². The fourth-order valence-corrected chi connectivity index (χ4v) is 2.52. The van der Waals surface area contributed by atoms with E-state index in [0.29, 0.717) is 17.0 Å². The van der Waals surface area contributed by atoms with Crippen LogP contribution in [-0.4, -0.2) is 39.0 Å². The van der Waals surface area contributed by atoms with Gasteiger partial charge in [-0.2, -0.15) is 5.26 Å². The van der Waals surface area contributed by atoms with Gasteiger partial charge in [0.05, 0.1) is 31.2 Å². The minimum absolute atomic E-state index is 0.0440. The van der Waals surface area contributed by atoms with Crippen LogP contribution in [0, 0.1) is 11.3 Å². The predicted molar refractivity (Wildman–Crippen MR) is 89.5 cm³/mol. The van der Waals surface area contributed by atoms with Crippen LogP contribution in [0.15, 0.2) is 24.4 Å². The van der Waals surface area contributed by atoms with Gasteiger partial charge in [-0.15, -0.1) is 0 Å². The van der Waals surface area contributed by atoms with Crippen LogP contribution in [0.3, 0.4) is 0 Å². The molecule has 0 aliphatic heterocycles. The Balaban J connectivity index is 2.78.